The molecule has 0 saturated heterocycles. The van der Waals surface area contributed by atoms with E-state index in [0.29, 0.717) is 13.2 Å². The third-order valence-electron chi connectivity index (χ3n) is 3.59. The Bertz CT molecular complexity index is 460. The standard InChI is InChI=1S/C20H52O5Si5/c1-26(2,3)21-16-18(23-28(7,8)9)20(25-30(13,14)15)19(24-29(10,11)12)17-22-27(4,5)6/h18-20H,16-17H2,1-15H3/t18-,19-/m0/s1. The molecular formula is C20H52O5Si5. The SMILES string of the molecule is C[Si](C)(C)OC[C@H](O[Si](C)(C)C)C(O[Si](C)(C)C)[C@H](CO[Si](C)(C)C)O[Si](C)(C)C. The molecule has 0 aliphatic rings. The maximum absolute atomic E-state index is 6.79. The van der Waals surface area contributed by atoms with Gasteiger partial charge in [-0.3, -0.25) is 0 Å². The van der Waals surface area contributed by atoms with Crippen molar-refractivity contribution in [2.24, 2.45) is 0 Å². The van der Waals surface area contributed by atoms with Crippen LogP contribution < -0.4 is 0 Å². The lowest BCUT2D eigenvalue weighted by atomic mass is 10.1. The topological polar surface area (TPSA) is 46.2 Å². The van der Waals surface area contributed by atoms with Crippen LogP contribution >= 0.6 is 0 Å². The Balaban J connectivity index is 6.08. The molecule has 0 N–H and O–H groups in total. The summed E-state index contributed by atoms with van der Waals surface area (Å²) in [7, 11) is -8.90. The summed E-state index contributed by atoms with van der Waals surface area (Å²) in [6.45, 7) is 34.5. The fourth-order valence-electron chi connectivity index (χ4n) is 2.76. The van der Waals surface area contributed by atoms with Crippen LogP contribution in [0.1, 0.15) is 0 Å². The van der Waals surface area contributed by atoms with Gasteiger partial charge in [-0.05, 0) is 98.2 Å². The first kappa shape index (κ1) is 30.9. The summed E-state index contributed by atoms with van der Waals surface area (Å²) < 4.78 is 32.9. The van der Waals surface area contributed by atoms with Crippen LogP contribution in [0.2, 0.25) is 98.2 Å². The normalized spacial score (nSPS) is 16.8. The van der Waals surface area contributed by atoms with Gasteiger partial charge in [0.05, 0.1) is 31.5 Å². The smallest absolute Gasteiger partial charge is 0.184 e. The lowest BCUT2D eigenvalue weighted by molar-refractivity contribution is -0.0630. The van der Waals surface area contributed by atoms with E-state index in [2.05, 4.69) is 98.2 Å². The number of hydrogen-bond acceptors (Lipinski definition) is 5. The van der Waals surface area contributed by atoms with Crippen LogP contribution in [0.5, 0.6) is 0 Å². The molecule has 0 heterocycles. The first-order chi connectivity index (χ1) is 13.0. The Hall–Kier alpha value is 0.884. The van der Waals surface area contributed by atoms with Gasteiger partial charge in [0.2, 0.25) is 0 Å². The zero-order valence-electron chi connectivity index (χ0n) is 22.7. The summed E-state index contributed by atoms with van der Waals surface area (Å²) >= 11 is 0. The Kier molecular flexibility index (Phi) is 11.7. The summed E-state index contributed by atoms with van der Waals surface area (Å²) in [6.07, 6.45) is -0.494. The molecule has 0 radical (unpaired) electrons. The van der Waals surface area contributed by atoms with Crippen molar-refractivity contribution < 1.29 is 22.1 Å². The molecule has 30 heavy (non-hydrogen) atoms. The zero-order chi connectivity index (χ0) is 24.2. The molecule has 0 aromatic rings. The summed E-state index contributed by atoms with van der Waals surface area (Å²) in [5.41, 5.74) is 0. The molecule has 0 aliphatic carbocycles. The maximum Gasteiger partial charge on any atom is 0.184 e. The Morgan fingerprint density at radius 1 is 0.400 bits per heavy atom. The summed E-state index contributed by atoms with van der Waals surface area (Å²) in [6, 6.07) is 0. The highest BCUT2D eigenvalue weighted by Gasteiger charge is 2.41. The summed E-state index contributed by atoms with van der Waals surface area (Å²) in [4.78, 5) is 0. The molecule has 10 heteroatoms. The van der Waals surface area contributed by atoms with Gasteiger partial charge in [-0.1, -0.05) is 0 Å². The van der Waals surface area contributed by atoms with Gasteiger partial charge >= 0.3 is 0 Å². The largest absolute Gasteiger partial charge is 0.415 e. The molecule has 0 spiro atoms. The van der Waals surface area contributed by atoms with Gasteiger partial charge in [0, 0.05) is 0 Å². The molecule has 0 aliphatic heterocycles. The lowest BCUT2D eigenvalue weighted by Gasteiger charge is -2.42. The molecule has 0 unspecified atom stereocenters. The minimum Gasteiger partial charge on any atom is -0.415 e. The van der Waals surface area contributed by atoms with Gasteiger partial charge in [-0.15, -0.1) is 0 Å². The molecule has 182 valence electrons. The third kappa shape index (κ3) is 17.4. The predicted octanol–water partition coefficient (Wildman–Crippen LogP) is 6.35. The van der Waals surface area contributed by atoms with Gasteiger partial charge in [0.25, 0.3) is 0 Å². The minimum atomic E-state index is -1.86. The van der Waals surface area contributed by atoms with Gasteiger partial charge in [-0.2, -0.15) is 0 Å². The number of rotatable bonds is 14. The highest BCUT2D eigenvalue weighted by molar-refractivity contribution is 6.71. The number of hydrogen-bond donors (Lipinski definition) is 0. The highest BCUT2D eigenvalue weighted by atomic mass is 28.4. The molecular weight excluding hydrogens is 461 g/mol. The van der Waals surface area contributed by atoms with E-state index in [9.17, 15) is 0 Å². The average Bonchev–Trinajstić information content (AvgIpc) is 2.40. The fraction of sp³-hybridized carbons (Fsp3) is 1.00. The van der Waals surface area contributed by atoms with Gasteiger partial charge in [0.15, 0.2) is 41.6 Å². The van der Waals surface area contributed by atoms with E-state index in [1.807, 2.05) is 0 Å². The Morgan fingerprint density at radius 3 is 0.867 bits per heavy atom. The van der Waals surface area contributed by atoms with Gasteiger partial charge in [-0.25, -0.2) is 0 Å². The molecule has 0 bridgehead atoms. The zero-order valence-corrected chi connectivity index (χ0v) is 27.7. The van der Waals surface area contributed by atoms with Crippen LogP contribution in [-0.2, 0) is 22.1 Å². The van der Waals surface area contributed by atoms with E-state index in [1.165, 1.54) is 0 Å². The van der Waals surface area contributed by atoms with E-state index < -0.39 is 41.6 Å². The first-order valence-electron chi connectivity index (χ1n) is 11.3. The quantitative estimate of drug-likeness (QED) is 0.254. The second-order valence-electron chi connectivity index (χ2n) is 13.1. The maximum atomic E-state index is 6.79. The van der Waals surface area contributed by atoms with Crippen LogP contribution in [0.15, 0.2) is 0 Å². The summed E-state index contributed by atoms with van der Waals surface area (Å²) in [5, 5.41) is 0. The molecule has 0 aromatic carbocycles. The first-order valence-corrected chi connectivity index (χ1v) is 28.3. The van der Waals surface area contributed by atoms with Crippen molar-refractivity contribution in [1.82, 2.24) is 0 Å². The second kappa shape index (κ2) is 11.3. The van der Waals surface area contributed by atoms with Crippen molar-refractivity contribution in [3.8, 4) is 0 Å². The lowest BCUT2D eigenvalue weighted by Crippen LogP contribution is -2.56. The van der Waals surface area contributed by atoms with E-state index in [4.69, 9.17) is 22.1 Å². The molecule has 5 nitrogen and oxygen atoms in total. The minimum absolute atomic E-state index is 0.151. The van der Waals surface area contributed by atoms with Crippen molar-refractivity contribution in [3.63, 3.8) is 0 Å². The predicted molar refractivity (Wildman–Crippen MR) is 143 cm³/mol. The van der Waals surface area contributed by atoms with Crippen molar-refractivity contribution in [3.05, 3.63) is 0 Å². The molecule has 0 saturated carbocycles. The van der Waals surface area contributed by atoms with E-state index in [0.717, 1.165) is 0 Å². The van der Waals surface area contributed by atoms with Gasteiger partial charge in [0.1, 0.15) is 0 Å². The molecule has 0 rings (SSSR count). The summed E-state index contributed by atoms with van der Waals surface area (Å²) in [5.74, 6) is 0. The second-order valence-corrected chi connectivity index (χ2v) is 35.5. The Morgan fingerprint density at radius 2 is 0.667 bits per heavy atom. The highest BCUT2D eigenvalue weighted by Crippen LogP contribution is 2.25. The van der Waals surface area contributed by atoms with Crippen LogP contribution in [-0.4, -0.2) is 73.1 Å². The van der Waals surface area contributed by atoms with Gasteiger partial charge < -0.3 is 22.1 Å². The van der Waals surface area contributed by atoms with Crippen molar-refractivity contribution in [2.75, 3.05) is 13.2 Å². The molecule has 0 aromatic heterocycles. The molecule has 0 amide bonds. The van der Waals surface area contributed by atoms with Crippen molar-refractivity contribution in [1.29, 1.82) is 0 Å². The Labute approximate surface area is 193 Å². The van der Waals surface area contributed by atoms with Crippen LogP contribution in [0.25, 0.3) is 0 Å². The van der Waals surface area contributed by atoms with E-state index >= 15 is 0 Å². The third-order valence-corrected chi connectivity index (χ3v) is 8.66. The van der Waals surface area contributed by atoms with E-state index in [1.54, 1.807) is 0 Å². The van der Waals surface area contributed by atoms with E-state index in [-0.39, 0.29) is 18.3 Å². The molecule has 0 fully saturated rings. The fourth-order valence-corrected chi connectivity index (χ4v) is 7.43. The van der Waals surface area contributed by atoms with Crippen LogP contribution in [0.3, 0.4) is 0 Å². The molecule has 2 atom stereocenters. The van der Waals surface area contributed by atoms with Crippen LogP contribution in [0, 0.1) is 0 Å². The monoisotopic (exact) mass is 512 g/mol. The van der Waals surface area contributed by atoms with Crippen LogP contribution in [0.4, 0.5) is 0 Å². The van der Waals surface area contributed by atoms with Crippen molar-refractivity contribution in [2.45, 2.75) is 117 Å². The van der Waals surface area contributed by atoms with Crippen molar-refractivity contribution >= 4 is 41.6 Å². The average molecular weight is 513 g/mol.